The summed E-state index contributed by atoms with van der Waals surface area (Å²) in [6.07, 6.45) is 0. The Bertz CT molecular complexity index is 1030. The van der Waals surface area contributed by atoms with Crippen LogP contribution in [0.1, 0.15) is 11.4 Å². The minimum absolute atomic E-state index is 0.678. The topological polar surface area (TPSA) is 51.6 Å². The highest BCUT2D eigenvalue weighted by Gasteiger charge is 2.03. The van der Waals surface area contributed by atoms with E-state index in [-0.39, 0.29) is 0 Å². The minimum Gasteiger partial charge on any atom is -0.249 e. The first-order chi connectivity index (χ1) is 12.3. The van der Waals surface area contributed by atoms with Crippen molar-refractivity contribution in [2.24, 2.45) is 0 Å². The molecule has 0 aliphatic carbocycles. The normalized spacial score (nSPS) is 10.7. The number of hydrogen-bond acceptors (Lipinski definition) is 4. The van der Waals surface area contributed by atoms with E-state index in [4.69, 9.17) is 23.2 Å². The zero-order chi connectivity index (χ0) is 18.8. The van der Waals surface area contributed by atoms with Gasteiger partial charge >= 0.3 is 0 Å². The number of fused-ring (bicyclic) bond motifs is 2. The van der Waals surface area contributed by atoms with Gasteiger partial charge in [0.15, 0.2) is 0 Å². The lowest BCUT2D eigenvalue weighted by atomic mass is 10.3. The van der Waals surface area contributed by atoms with E-state index in [1.54, 1.807) is 12.1 Å². The first-order valence-corrected chi connectivity index (χ1v) is 9.86. The predicted molar refractivity (Wildman–Crippen MR) is 114 cm³/mol. The number of aromatic nitrogens is 4. The maximum atomic E-state index is 5.83. The Morgan fingerprint density at radius 3 is 1.54 bits per heavy atom. The third kappa shape index (κ3) is 4.49. The number of benzene rings is 2. The van der Waals surface area contributed by atoms with E-state index in [9.17, 15) is 0 Å². The first kappa shape index (κ1) is 19.4. The summed E-state index contributed by atoms with van der Waals surface area (Å²) in [7, 11) is 0. The maximum absolute atomic E-state index is 5.83. The summed E-state index contributed by atoms with van der Waals surface area (Å²) in [5.41, 5.74) is 5.11. The second-order valence-electron chi connectivity index (χ2n) is 5.47. The average Bonchev–Trinajstić information content (AvgIpc) is 2.58. The average molecular weight is 515 g/mol. The highest BCUT2D eigenvalue weighted by Crippen LogP contribution is 2.21. The zero-order valence-corrected chi connectivity index (χ0v) is 18.4. The fraction of sp³-hybridized carbons (Fsp3) is 0.111. The van der Waals surface area contributed by atoms with Gasteiger partial charge in [-0.25, -0.2) is 19.9 Å². The number of rotatable bonds is 0. The Kier molecular flexibility index (Phi) is 6.07. The van der Waals surface area contributed by atoms with Crippen molar-refractivity contribution in [3.63, 3.8) is 0 Å². The predicted octanol–water partition coefficient (Wildman–Crippen LogP) is 6.71. The molecule has 0 unspecified atom stereocenters. The Morgan fingerprint density at radius 2 is 1.00 bits per heavy atom. The van der Waals surface area contributed by atoms with E-state index in [0.29, 0.717) is 10.0 Å². The molecule has 8 heteroatoms. The monoisotopic (exact) mass is 512 g/mol. The van der Waals surface area contributed by atoms with Gasteiger partial charge in [0.2, 0.25) is 0 Å². The van der Waals surface area contributed by atoms with Crippen LogP contribution in [0, 0.1) is 13.8 Å². The molecular formula is C18H12Br2Cl2N4. The van der Waals surface area contributed by atoms with Gasteiger partial charge in [-0.05, 0) is 82.1 Å². The Balaban J connectivity index is 0.000000151. The summed E-state index contributed by atoms with van der Waals surface area (Å²) in [5.74, 6) is 0. The largest absolute Gasteiger partial charge is 0.249 e. The molecule has 0 spiro atoms. The van der Waals surface area contributed by atoms with Gasteiger partial charge in [0.25, 0.3) is 0 Å². The Morgan fingerprint density at radius 1 is 0.615 bits per heavy atom. The number of nitrogens with zero attached hydrogens (tertiary/aromatic N) is 4. The summed E-state index contributed by atoms with van der Waals surface area (Å²) >= 11 is 18.3. The molecule has 2 heterocycles. The number of halogens is 4. The highest BCUT2D eigenvalue weighted by atomic mass is 79.9. The lowest BCUT2D eigenvalue weighted by Crippen LogP contribution is -1.89. The fourth-order valence-electron chi connectivity index (χ4n) is 2.19. The molecule has 4 aromatic rings. The standard InChI is InChI=1S/2C9H6BrClN2/c1-5-9(10)13-7-3-2-6(11)4-8(7)12-5;1-5-9(10)13-8-4-6(11)2-3-7(8)12-5/h2*2-4H,1H3. The third-order valence-electron chi connectivity index (χ3n) is 3.49. The van der Waals surface area contributed by atoms with Gasteiger partial charge in [0, 0.05) is 10.0 Å². The van der Waals surface area contributed by atoms with Crippen LogP contribution < -0.4 is 0 Å². The van der Waals surface area contributed by atoms with E-state index in [2.05, 4.69) is 51.8 Å². The van der Waals surface area contributed by atoms with Gasteiger partial charge in [0.05, 0.1) is 33.5 Å². The van der Waals surface area contributed by atoms with Crippen molar-refractivity contribution in [1.82, 2.24) is 19.9 Å². The Labute approximate surface area is 177 Å². The minimum atomic E-state index is 0.678. The lowest BCUT2D eigenvalue weighted by molar-refractivity contribution is 1.15. The second-order valence-corrected chi connectivity index (χ2v) is 7.84. The molecule has 2 aromatic heterocycles. The van der Waals surface area contributed by atoms with Crippen LogP contribution in [0.5, 0.6) is 0 Å². The van der Waals surface area contributed by atoms with Crippen molar-refractivity contribution in [1.29, 1.82) is 0 Å². The summed E-state index contributed by atoms with van der Waals surface area (Å²) in [5, 5.41) is 1.36. The molecule has 26 heavy (non-hydrogen) atoms. The molecule has 4 rings (SSSR count). The van der Waals surface area contributed by atoms with Crippen molar-refractivity contribution >= 4 is 77.1 Å². The van der Waals surface area contributed by atoms with Gasteiger partial charge in [-0.2, -0.15) is 0 Å². The van der Waals surface area contributed by atoms with E-state index < -0.39 is 0 Å². The molecule has 132 valence electrons. The van der Waals surface area contributed by atoms with Crippen molar-refractivity contribution in [2.45, 2.75) is 13.8 Å². The molecule has 4 nitrogen and oxygen atoms in total. The van der Waals surface area contributed by atoms with Gasteiger partial charge in [-0.3, -0.25) is 0 Å². The van der Waals surface area contributed by atoms with Crippen LogP contribution in [0.4, 0.5) is 0 Å². The highest BCUT2D eigenvalue weighted by molar-refractivity contribution is 9.10. The van der Waals surface area contributed by atoms with Crippen molar-refractivity contribution in [3.05, 3.63) is 67.0 Å². The molecule has 0 saturated carbocycles. The quantitative estimate of drug-likeness (QED) is 0.262. The molecule has 0 aliphatic rings. The van der Waals surface area contributed by atoms with Crippen LogP contribution in [0.3, 0.4) is 0 Å². The molecule has 0 bridgehead atoms. The smallest absolute Gasteiger partial charge is 0.128 e. The van der Waals surface area contributed by atoms with E-state index >= 15 is 0 Å². The van der Waals surface area contributed by atoms with Gasteiger partial charge in [0.1, 0.15) is 9.21 Å². The maximum Gasteiger partial charge on any atom is 0.128 e. The summed E-state index contributed by atoms with van der Waals surface area (Å²) in [6, 6.07) is 10.9. The van der Waals surface area contributed by atoms with Crippen LogP contribution in [-0.2, 0) is 0 Å². The molecule has 0 radical (unpaired) electrons. The zero-order valence-electron chi connectivity index (χ0n) is 13.8. The van der Waals surface area contributed by atoms with Gasteiger partial charge in [-0.15, -0.1) is 0 Å². The van der Waals surface area contributed by atoms with Crippen LogP contribution in [0.15, 0.2) is 45.6 Å². The molecule has 2 aromatic carbocycles. The summed E-state index contributed by atoms with van der Waals surface area (Å²) in [4.78, 5) is 17.3. The van der Waals surface area contributed by atoms with Crippen LogP contribution in [0.25, 0.3) is 22.1 Å². The molecule has 0 aliphatic heterocycles. The van der Waals surface area contributed by atoms with Crippen molar-refractivity contribution in [2.75, 3.05) is 0 Å². The molecule has 0 saturated heterocycles. The van der Waals surface area contributed by atoms with E-state index in [1.165, 1.54) is 0 Å². The third-order valence-corrected chi connectivity index (χ3v) is 5.46. The van der Waals surface area contributed by atoms with Crippen LogP contribution >= 0.6 is 55.1 Å². The van der Waals surface area contributed by atoms with E-state index in [0.717, 1.165) is 42.7 Å². The molecule has 0 amide bonds. The molecule has 0 fully saturated rings. The fourth-order valence-corrected chi connectivity index (χ4v) is 3.08. The lowest BCUT2D eigenvalue weighted by Gasteiger charge is -2.00. The van der Waals surface area contributed by atoms with Crippen LogP contribution in [-0.4, -0.2) is 19.9 Å². The van der Waals surface area contributed by atoms with Crippen molar-refractivity contribution in [3.8, 4) is 0 Å². The van der Waals surface area contributed by atoms with Gasteiger partial charge < -0.3 is 0 Å². The number of hydrogen-bond donors (Lipinski definition) is 0. The summed E-state index contributed by atoms with van der Waals surface area (Å²) in [6.45, 7) is 3.81. The van der Waals surface area contributed by atoms with Crippen molar-refractivity contribution < 1.29 is 0 Å². The first-order valence-electron chi connectivity index (χ1n) is 7.52. The number of aryl methyl sites for hydroxylation is 2. The Hall–Kier alpha value is -1.34. The van der Waals surface area contributed by atoms with E-state index in [1.807, 2.05) is 38.1 Å². The molecular weight excluding hydrogens is 503 g/mol. The SMILES string of the molecule is Cc1nc2cc(Cl)ccc2nc1Br.Cc1nc2ccc(Cl)cc2nc1Br. The van der Waals surface area contributed by atoms with Gasteiger partial charge in [-0.1, -0.05) is 23.2 Å². The summed E-state index contributed by atoms with van der Waals surface area (Å²) < 4.78 is 1.55. The van der Waals surface area contributed by atoms with Crippen LogP contribution in [0.2, 0.25) is 10.0 Å². The molecule has 0 atom stereocenters. The second kappa shape index (κ2) is 8.13. The molecule has 0 N–H and O–H groups in total.